The minimum atomic E-state index is 0.223. The fraction of sp³-hybridized carbons (Fsp3) is 0.625. The lowest BCUT2D eigenvalue weighted by Crippen LogP contribution is -2.24. The molecule has 0 aliphatic rings. The molecule has 2 nitrogen and oxygen atoms in total. The van der Waals surface area contributed by atoms with E-state index in [1.807, 2.05) is 12.1 Å². The van der Waals surface area contributed by atoms with E-state index in [-0.39, 0.29) is 6.10 Å². The van der Waals surface area contributed by atoms with Crippen LogP contribution in [0, 0.1) is 11.8 Å². The van der Waals surface area contributed by atoms with E-state index in [2.05, 4.69) is 52.1 Å². The summed E-state index contributed by atoms with van der Waals surface area (Å²) in [6.07, 6.45) is 0.223. The summed E-state index contributed by atoms with van der Waals surface area (Å²) in [5.74, 6) is 2.42. The van der Waals surface area contributed by atoms with Crippen LogP contribution < -0.4 is 10.1 Å². The normalized spacial score (nSPS) is 13.1. The number of hydrogen-bond acceptors (Lipinski definition) is 2. The first-order valence-corrected chi connectivity index (χ1v) is 6.96. The molecule has 0 saturated carbocycles. The Morgan fingerprint density at radius 3 is 2.33 bits per heavy atom. The zero-order valence-electron chi connectivity index (χ0n) is 12.4. The lowest BCUT2D eigenvalue weighted by molar-refractivity contribution is 0.239. The first-order valence-electron chi connectivity index (χ1n) is 6.96. The molecule has 0 aliphatic heterocycles. The van der Waals surface area contributed by atoms with Gasteiger partial charge >= 0.3 is 0 Å². The number of ether oxygens (including phenoxy) is 1. The van der Waals surface area contributed by atoms with Crippen molar-refractivity contribution >= 4 is 0 Å². The third-order valence-corrected chi connectivity index (χ3v) is 3.26. The van der Waals surface area contributed by atoms with Crippen LogP contribution in [-0.4, -0.2) is 12.6 Å². The summed E-state index contributed by atoms with van der Waals surface area (Å²) < 4.78 is 5.81. The van der Waals surface area contributed by atoms with Crippen LogP contribution >= 0.6 is 0 Å². The summed E-state index contributed by atoms with van der Waals surface area (Å²) in [4.78, 5) is 0. The molecule has 0 fully saturated rings. The van der Waals surface area contributed by atoms with Crippen LogP contribution in [0.2, 0.25) is 0 Å². The third-order valence-electron chi connectivity index (χ3n) is 3.26. The quantitative estimate of drug-likeness (QED) is 0.792. The van der Waals surface area contributed by atoms with Gasteiger partial charge in [-0.15, -0.1) is 0 Å². The van der Waals surface area contributed by atoms with Gasteiger partial charge in [-0.1, -0.05) is 39.0 Å². The highest BCUT2D eigenvalue weighted by Crippen LogP contribution is 2.19. The maximum absolute atomic E-state index is 5.81. The number of nitrogens with one attached hydrogen (secondary N) is 1. The Hall–Kier alpha value is -1.02. The Balaban J connectivity index is 2.51. The summed E-state index contributed by atoms with van der Waals surface area (Å²) in [6, 6.07) is 8.27. The van der Waals surface area contributed by atoms with Gasteiger partial charge in [0, 0.05) is 12.1 Å². The molecule has 0 bridgehead atoms. The zero-order chi connectivity index (χ0) is 13.5. The smallest absolute Gasteiger partial charge is 0.124 e. The highest BCUT2D eigenvalue weighted by Gasteiger charge is 2.08. The molecule has 0 radical (unpaired) electrons. The number of rotatable bonds is 7. The van der Waals surface area contributed by atoms with Gasteiger partial charge in [-0.05, 0) is 38.3 Å². The Labute approximate surface area is 112 Å². The first kappa shape index (κ1) is 15.0. The van der Waals surface area contributed by atoms with Crippen molar-refractivity contribution in [2.24, 2.45) is 11.8 Å². The lowest BCUT2D eigenvalue weighted by Gasteiger charge is -2.18. The molecular formula is C16H27NO. The van der Waals surface area contributed by atoms with Gasteiger partial charge in [0.1, 0.15) is 5.75 Å². The van der Waals surface area contributed by atoms with Gasteiger partial charge in [0.05, 0.1) is 6.10 Å². The molecule has 0 aliphatic carbocycles. The first-order chi connectivity index (χ1) is 8.50. The van der Waals surface area contributed by atoms with Crippen LogP contribution in [0.15, 0.2) is 24.3 Å². The van der Waals surface area contributed by atoms with Gasteiger partial charge in [0.25, 0.3) is 0 Å². The van der Waals surface area contributed by atoms with Gasteiger partial charge in [-0.2, -0.15) is 0 Å². The van der Waals surface area contributed by atoms with Gasteiger partial charge in [-0.25, -0.2) is 0 Å². The molecule has 0 saturated heterocycles. The molecule has 1 aromatic carbocycles. The number of hydrogen-bond donors (Lipinski definition) is 1. The van der Waals surface area contributed by atoms with Crippen LogP contribution in [0.4, 0.5) is 0 Å². The summed E-state index contributed by atoms with van der Waals surface area (Å²) in [7, 11) is 0. The van der Waals surface area contributed by atoms with Crippen LogP contribution in [0.3, 0.4) is 0 Å². The lowest BCUT2D eigenvalue weighted by atomic mass is 9.98. The molecule has 18 heavy (non-hydrogen) atoms. The second-order valence-electron chi connectivity index (χ2n) is 5.63. The highest BCUT2D eigenvalue weighted by molar-refractivity contribution is 5.33. The van der Waals surface area contributed by atoms with Crippen molar-refractivity contribution < 1.29 is 4.74 Å². The van der Waals surface area contributed by atoms with E-state index in [9.17, 15) is 0 Å². The van der Waals surface area contributed by atoms with Crippen molar-refractivity contribution in [3.8, 4) is 5.75 Å². The molecule has 0 amide bonds. The zero-order valence-corrected chi connectivity index (χ0v) is 12.4. The van der Waals surface area contributed by atoms with Crippen LogP contribution in [0.5, 0.6) is 5.75 Å². The molecule has 1 N–H and O–H groups in total. The molecule has 0 spiro atoms. The topological polar surface area (TPSA) is 21.3 Å². The Morgan fingerprint density at radius 2 is 1.72 bits per heavy atom. The van der Waals surface area contributed by atoms with Crippen molar-refractivity contribution in [3.63, 3.8) is 0 Å². The Bertz CT molecular complexity index is 347. The molecule has 1 aromatic rings. The fourth-order valence-electron chi connectivity index (χ4n) is 1.69. The monoisotopic (exact) mass is 249 g/mol. The van der Waals surface area contributed by atoms with E-state index in [0.29, 0.717) is 5.92 Å². The molecule has 2 heteroatoms. The summed E-state index contributed by atoms with van der Waals surface area (Å²) in [5.41, 5.74) is 1.24. The van der Waals surface area contributed by atoms with E-state index in [1.54, 1.807) is 0 Å². The molecule has 1 rings (SSSR count). The molecule has 102 valence electrons. The number of benzene rings is 1. The molecular weight excluding hydrogens is 222 g/mol. The second kappa shape index (κ2) is 7.42. The standard InChI is InChI=1S/C16H27NO/c1-12(2)14(5)10-17-11-15-8-6-7-9-16(15)18-13(3)4/h6-9,12-14,17H,10-11H2,1-5H3. The van der Waals surface area contributed by atoms with Crippen molar-refractivity contribution in [1.29, 1.82) is 0 Å². The Kier molecular flexibility index (Phi) is 6.20. The minimum Gasteiger partial charge on any atom is -0.491 e. The summed E-state index contributed by atoms with van der Waals surface area (Å²) in [5, 5.41) is 3.52. The predicted molar refractivity (Wildman–Crippen MR) is 77.9 cm³/mol. The summed E-state index contributed by atoms with van der Waals surface area (Å²) in [6.45, 7) is 12.9. The predicted octanol–water partition coefficient (Wildman–Crippen LogP) is 3.86. The maximum Gasteiger partial charge on any atom is 0.124 e. The van der Waals surface area contributed by atoms with Gasteiger partial charge < -0.3 is 10.1 Å². The van der Waals surface area contributed by atoms with Crippen LogP contribution in [0.1, 0.15) is 40.2 Å². The average molecular weight is 249 g/mol. The average Bonchev–Trinajstić information content (AvgIpc) is 2.30. The highest BCUT2D eigenvalue weighted by atomic mass is 16.5. The van der Waals surface area contributed by atoms with Gasteiger partial charge in [0.2, 0.25) is 0 Å². The van der Waals surface area contributed by atoms with Crippen molar-refractivity contribution in [2.45, 2.75) is 47.3 Å². The minimum absolute atomic E-state index is 0.223. The molecule has 0 aromatic heterocycles. The van der Waals surface area contributed by atoms with E-state index in [0.717, 1.165) is 24.8 Å². The molecule has 0 heterocycles. The van der Waals surface area contributed by atoms with Gasteiger partial charge in [0.15, 0.2) is 0 Å². The van der Waals surface area contributed by atoms with Crippen molar-refractivity contribution in [2.75, 3.05) is 6.54 Å². The number of para-hydroxylation sites is 1. The van der Waals surface area contributed by atoms with E-state index >= 15 is 0 Å². The van der Waals surface area contributed by atoms with E-state index < -0.39 is 0 Å². The largest absolute Gasteiger partial charge is 0.491 e. The SMILES string of the molecule is CC(C)Oc1ccccc1CNCC(C)C(C)C. The van der Waals surface area contributed by atoms with Crippen LogP contribution in [0.25, 0.3) is 0 Å². The second-order valence-corrected chi connectivity index (χ2v) is 5.63. The third kappa shape index (κ3) is 5.09. The Morgan fingerprint density at radius 1 is 1.06 bits per heavy atom. The summed E-state index contributed by atoms with van der Waals surface area (Å²) >= 11 is 0. The molecule has 1 unspecified atom stereocenters. The van der Waals surface area contributed by atoms with Gasteiger partial charge in [-0.3, -0.25) is 0 Å². The fourth-order valence-corrected chi connectivity index (χ4v) is 1.69. The van der Waals surface area contributed by atoms with Crippen LogP contribution in [-0.2, 0) is 6.54 Å². The van der Waals surface area contributed by atoms with Crippen molar-refractivity contribution in [3.05, 3.63) is 29.8 Å². The van der Waals surface area contributed by atoms with Crippen molar-refractivity contribution in [1.82, 2.24) is 5.32 Å². The molecule has 1 atom stereocenters. The maximum atomic E-state index is 5.81. The van der Waals surface area contributed by atoms with E-state index in [1.165, 1.54) is 5.56 Å². The van der Waals surface area contributed by atoms with E-state index in [4.69, 9.17) is 4.74 Å².